The minimum Gasteiger partial charge on any atom is -0.353 e. The van der Waals surface area contributed by atoms with E-state index in [4.69, 9.17) is 0 Å². The van der Waals surface area contributed by atoms with Crippen molar-refractivity contribution in [2.75, 3.05) is 5.32 Å². The van der Waals surface area contributed by atoms with Crippen LogP contribution in [0.1, 0.15) is 37.8 Å². The first-order chi connectivity index (χ1) is 8.92. The highest BCUT2D eigenvalue weighted by Crippen LogP contribution is 2.16. The van der Waals surface area contributed by atoms with Crippen molar-refractivity contribution in [3.63, 3.8) is 0 Å². The summed E-state index contributed by atoms with van der Waals surface area (Å²) in [6.07, 6.45) is 0.710. The first-order valence-corrected chi connectivity index (χ1v) is 6.58. The van der Waals surface area contributed by atoms with Gasteiger partial charge in [-0.3, -0.25) is 9.59 Å². The van der Waals surface area contributed by atoms with Gasteiger partial charge in [0.1, 0.15) is 6.42 Å². The molecule has 0 saturated carbocycles. The van der Waals surface area contributed by atoms with E-state index in [1.54, 1.807) is 0 Å². The summed E-state index contributed by atoms with van der Waals surface area (Å²) in [6.45, 7) is 7.79. The van der Waals surface area contributed by atoms with Crippen molar-refractivity contribution >= 4 is 17.5 Å². The van der Waals surface area contributed by atoms with Crippen LogP contribution in [0.3, 0.4) is 0 Å². The Hall–Kier alpha value is -1.84. The molecular weight excluding hydrogens is 240 g/mol. The average Bonchev–Trinajstić information content (AvgIpc) is 2.33. The van der Waals surface area contributed by atoms with Gasteiger partial charge in [-0.25, -0.2) is 0 Å². The van der Waals surface area contributed by atoms with E-state index in [1.165, 1.54) is 0 Å². The van der Waals surface area contributed by atoms with Gasteiger partial charge < -0.3 is 10.6 Å². The Kier molecular flexibility index (Phi) is 5.55. The maximum atomic E-state index is 11.8. The number of carbonyl (C=O) groups is 2. The highest BCUT2D eigenvalue weighted by molar-refractivity contribution is 6.03. The van der Waals surface area contributed by atoms with Crippen molar-refractivity contribution in [1.82, 2.24) is 5.32 Å². The Balaban J connectivity index is 2.55. The van der Waals surface area contributed by atoms with E-state index >= 15 is 0 Å². The van der Waals surface area contributed by atoms with Crippen molar-refractivity contribution in [3.8, 4) is 0 Å². The van der Waals surface area contributed by atoms with Crippen LogP contribution >= 0.6 is 0 Å². The molecule has 2 amide bonds. The van der Waals surface area contributed by atoms with Gasteiger partial charge in [-0.2, -0.15) is 0 Å². The molecule has 0 radical (unpaired) electrons. The van der Waals surface area contributed by atoms with Crippen LogP contribution in [0.2, 0.25) is 0 Å². The van der Waals surface area contributed by atoms with Gasteiger partial charge in [-0.15, -0.1) is 0 Å². The zero-order valence-corrected chi connectivity index (χ0v) is 12.0. The molecule has 0 heterocycles. The fourth-order valence-electron chi connectivity index (χ4n) is 1.64. The number of hydrogen-bond donors (Lipinski definition) is 2. The molecular formula is C15H22N2O2. The van der Waals surface area contributed by atoms with Gasteiger partial charge >= 0.3 is 0 Å². The first kappa shape index (κ1) is 15.2. The minimum atomic E-state index is -0.283. The SMILES string of the molecule is CCC(C)NC(=O)CC(=O)Nc1cc(C)ccc1C. The second kappa shape index (κ2) is 6.92. The number of amides is 2. The molecule has 104 valence electrons. The fraction of sp³-hybridized carbons (Fsp3) is 0.467. The number of aryl methyl sites for hydroxylation is 2. The van der Waals surface area contributed by atoms with Crippen molar-refractivity contribution in [1.29, 1.82) is 0 Å². The Morgan fingerprint density at radius 1 is 1.21 bits per heavy atom. The van der Waals surface area contributed by atoms with E-state index in [-0.39, 0.29) is 24.3 Å². The molecule has 0 saturated heterocycles. The number of anilines is 1. The number of hydrogen-bond acceptors (Lipinski definition) is 2. The van der Waals surface area contributed by atoms with E-state index in [0.717, 1.165) is 23.2 Å². The maximum absolute atomic E-state index is 11.8. The molecule has 4 nitrogen and oxygen atoms in total. The lowest BCUT2D eigenvalue weighted by Gasteiger charge is -2.12. The van der Waals surface area contributed by atoms with Gasteiger partial charge in [-0.05, 0) is 44.4 Å². The Morgan fingerprint density at radius 2 is 1.89 bits per heavy atom. The molecule has 0 aromatic heterocycles. The van der Waals surface area contributed by atoms with Crippen molar-refractivity contribution < 1.29 is 9.59 Å². The Bertz CT molecular complexity index is 469. The Morgan fingerprint density at radius 3 is 2.53 bits per heavy atom. The van der Waals surface area contributed by atoms with Crippen molar-refractivity contribution in [2.24, 2.45) is 0 Å². The van der Waals surface area contributed by atoms with Crippen LogP contribution in [0.5, 0.6) is 0 Å². The van der Waals surface area contributed by atoms with Gasteiger partial charge in [0.2, 0.25) is 11.8 Å². The summed E-state index contributed by atoms with van der Waals surface area (Å²) < 4.78 is 0. The molecule has 4 heteroatoms. The summed E-state index contributed by atoms with van der Waals surface area (Å²) >= 11 is 0. The van der Waals surface area contributed by atoms with E-state index in [0.29, 0.717) is 0 Å². The summed E-state index contributed by atoms with van der Waals surface area (Å²) in [4.78, 5) is 23.4. The van der Waals surface area contributed by atoms with Gasteiger partial charge in [0, 0.05) is 11.7 Å². The number of carbonyl (C=O) groups excluding carboxylic acids is 2. The number of benzene rings is 1. The van der Waals surface area contributed by atoms with E-state index in [1.807, 2.05) is 45.9 Å². The van der Waals surface area contributed by atoms with E-state index in [2.05, 4.69) is 10.6 Å². The summed E-state index contributed by atoms with van der Waals surface area (Å²) in [5, 5.41) is 5.55. The van der Waals surface area contributed by atoms with Crippen LogP contribution in [-0.2, 0) is 9.59 Å². The van der Waals surface area contributed by atoms with Gasteiger partial charge in [0.15, 0.2) is 0 Å². The Labute approximate surface area is 114 Å². The standard InChI is InChI=1S/C15H22N2O2/c1-5-12(4)16-14(18)9-15(19)17-13-8-10(2)6-7-11(13)3/h6-8,12H,5,9H2,1-4H3,(H,16,18)(H,17,19). The molecule has 0 bridgehead atoms. The van der Waals surface area contributed by atoms with Crippen LogP contribution in [0, 0.1) is 13.8 Å². The van der Waals surface area contributed by atoms with E-state index < -0.39 is 0 Å². The van der Waals surface area contributed by atoms with Gasteiger partial charge in [0.05, 0.1) is 0 Å². The second-order valence-corrected chi connectivity index (χ2v) is 4.92. The molecule has 0 fully saturated rings. The monoisotopic (exact) mass is 262 g/mol. The first-order valence-electron chi connectivity index (χ1n) is 6.58. The second-order valence-electron chi connectivity index (χ2n) is 4.92. The van der Waals surface area contributed by atoms with Crippen molar-refractivity contribution in [2.45, 2.75) is 46.6 Å². The number of rotatable bonds is 5. The molecule has 1 unspecified atom stereocenters. The van der Waals surface area contributed by atoms with Crippen LogP contribution in [0.4, 0.5) is 5.69 Å². The van der Waals surface area contributed by atoms with Crippen LogP contribution in [-0.4, -0.2) is 17.9 Å². The molecule has 2 N–H and O–H groups in total. The molecule has 1 atom stereocenters. The predicted octanol–water partition coefficient (Wildman–Crippen LogP) is 2.55. The zero-order valence-electron chi connectivity index (χ0n) is 12.0. The molecule has 0 aliphatic rings. The maximum Gasteiger partial charge on any atom is 0.233 e. The minimum absolute atomic E-state index is 0.0982. The topological polar surface area (TPSA) is 58.2 Å². The third-order valence-corrected chi connectivity index (χ3v) is 3.01. The highest BCUT2D eigenvalue weighted by atomic mass is 16.2. The van der Waals surface area contributed by atoms with Crippen LogP contribution < -0.4 is 10.6 Å². The molecule has 1 rings (SSSR count). The van der Waals surface area contributed by atoms with E-state index in [9.17, 15) is 9.59 Å². The molecule has 1 aromatic carbocycles. The third-order valence-electron chi connectivity index (χ3n) is 3.01. The van der Waals surface area contributed by atoms with Crippen LogP contribution in [0.15, 0.2) is 18.2 Å². The lowest BCUT2D eigenvalue weighted by Crippen LogP contribution is -2.34. The molecule has 0 spiro atoms. The summed E-state index contributed by atoms with van der Waals surface area (Å²) in [5.74, 6) is -0.522. The van der Waals surface area contributed by atoms with Gasteiger partial charge in [0.25, 0.3) is 0 Å². The van der Waals surface area contributed by atoms with Crippen molar-refractivity contribution in [3.05, 3.63) is 29.3 Å². The number of nitrogens with one attached hydrogen (secondary N) is 2. The smallest absolute Gasteiger partial charge is 0.233 e. The molecule has 0 aliphatic heterocycles. The average molecular weight is 262 g/mol. The largest absolute Gasteiger partial charge is 0.353 e. The fourth-order valence-corrected chi connectivity index (χ4v) is 1.64. The lowest BCUT2D eigenvalue weighted by atomic mass is 10.1. The zero-order chi connectivity index (χ0) is 14.4. The summed E-state index contributed by atoms with van der Waals surface area (Å²) in [5.41, 5.74) is 2.83. The summed E-state index contributed by atoms with van der Waals surface area (Å²) in [6, 6.07) is 5.94. The normalized spacial score (nSPS) is 11.8. The highest BCUT2D eigenvalue weighted by Gasteiger charge is 2.12. The summed E-state index contributed by atoms with van der Waals surface area (Å²) in [7, 11) is 0. The third kappa shape index (κ3) is 5.12. The molecule has 1 aromatic rings. The van der Waals surface area contributed by atoms with Crippen LogP contribution in [0.25, 0.3) is 0 Å². The quantitative estimate of drug-likeness (QED) is 0.801. The molecule has 0 aliphatic carbocycles. The van der Waals surface area contributed by atoms with Gasteiger partial charge in [-0.1, -0.05) is 19.1 Å². The lowest BCUT2D eigenvalue weighted by molar-refractivity contribution is -0.127. The predicted molar refractivity (Wildman–Crippen MR) is 77.1 cm³/mol. The molecule has 19 heavy (non-hydrogen) atoms.